The highest BCUT2D eigenvalue weighted by Gasteiger charge is 2.31. The molecule has 3 aromatic rings. The fourth-order valence-electron chi connectivity index (χ4n) is 3.18. The van der Waals surface area contributed by atoms with E-state index in [0.29, 0.717) is 5.57 Å². The van der Waals surface area contributed by atoms with Gasteiger partial charge in [0.2, 0.25) is 0 Å². The van der Waals surface area contributed by atoms with Crippen molar-refractivity contribution in [1.29, 1.82) is 0 Å². The minimum Gasteiger partial charge on any atom is -0.275 e. The molecule has 0 N–H and O–H groups in total. The van der Waals surface area contributed by atoms with E-state index in [2.05, 4.69) is 15.9 Å². The summed E-state index contributed by atoms with van der Waals surface area (Å²) in [6.45, 7) is 0. The number of halogens is 1. The Kier molecular flexibility index (Phi) is 5.10. The molecule has 0 bridgehead atoms. The van der Waals surface area contributed by atoms with Crippen LogP contribution in [-0.2, 0) is 4.79 Å². The summed E-state index contributed by atoms with van der Waals surface area (Å²) in [5.74, 6) is -0.158. The number of hydrogen-bond acceptors (Lipinski definition) is 3. The molecule has 0 atom stereocenters. The summed E-state index contributed by atoms with van der Waals surface area (Å²) in [5, 5.41) is 10.9. The molecule has 0 radical (unpaired) electrons. The SMILES string of the molecule is O=C1/C(=C/c2ccc([N+](=O)[O-])cc2)C=C(c2ccccc2)N1c1ccccc1Br. The van der Waals surface area contributed by atoms with Gasteiger partial charge >= 0.3 is 0 Å². The lowest BCUT2D eigenvalue weighted by molar-refractivity contribution is -0.384. The first-order chi connectivity index (χ1) is 14.0. The number of para-hydroxylation sites is 1. The van der Waals surface area contributed by atoms with Crippen molar-refractivity contribution in [1.82, 2.24) is 0 Å². The highest BCUT2D eigenvalue weighted by atomic mass is 79.9. The summed E-state index contributed by atoms with van der Waals surface area (Å²) in [4.78, 5) is 25.4. The molecule has 0 aromatic heterocycles. The third kappa shape index (κ3) is 3.75. The number of rotatable bonds is 4. The maximum absolute atomic E-state index is 13.3. The molecule has 1 heterocycles. The van der Waals surface area contributed by atoms with Crippen LogP contribution in [0.2, 0.25) is 0 Å². The normalized spacial score (nSPS) is 14.9. The highest BCUT2D eigenvalue weighted by Crippen LogP contribution is 2.38. The number of carbonyl (C=O) groups is 1. The van der Waals surface area contributed by atoms with E-state index in [1.165, 1.54) is 12.1 Å². The van der Waals surface area contributed by atoms with Gasteiger partial charge in [-0.05, 0) is 63.5 Å². The zero-order valence-corrected chi connectivity index (χ0v) is 16.7. The molecule has 5 nitrogen and oxygen atoms in total. The molecule has 6 heteroatoms. The molecule has 4 rings (SSSR count). The van der Waals surface area contributed by atoms with Gasteiger partial charge in [-0.1, -0.05) is 42.5 Å². The Bertz CT molecular complexity index is 1150. The predicted molar refractivity (Wildman–Crippen MR) is 117 cm³/mol. The smallest absolute Gasteiger partial charge is 0.269 e. The van der Waals surface area contributed by atoms with Gasteiger partial charge in [-0.3, -0.25) is 19.8 Å². The van der Waals surface area contributed by atoms with Gasteiger partial charge in [0.05, 0.1) is 16.3 Å². The maximum atomic E-state index is 13.3. The summed E-state index contributed by atoms with van der Waals surface area (Å²) in [7, 11) is 0. The fourth-order valence-corrected chi connectivity index (χ4v) is 3.64. The lowest BCUT2D eigenvalue weighted by Crippen LogP contribution is -2.25. The number of non-ortho nitro benzene ring substituents is 1. The van der Waals surface area contributed by atoms with Crippen molar-refractivity contribution >= 4 is 45.0 Å². The number of amides is 1. The summed E-state index contributed by atoms with van der Waals surface area (Å²) < 4.78 is 0.812. The van der Waals surface area contributed by atoms with Gasteiger partial charge < -0.3 is 0 Å². The van der Waals surface area contributed by atoms with Crippen LogP contribution in [0.3, 0.4) is 0 Å². The van der Waals surface area contributed by atoms with Crippen LogP contribution >= 0.6 is 15.9 Å². The molecule has 1 aliphatic heterocycles. The molecule has 3 aromatic carbocycles. The number of hydrogen-bond donors (Lipinski definition) is 0. The van der Waals surface area contributed by atoms with Crippen LogP contribution in [0.15, 0.2) is 95.0 Å². The third-order valence-electron chi connectivity index (χ3n) is 4.57. The van der Waals surface area contributed by atoms with Gasteiger partial charge in [-0.15, -0.1) is 0 Å². The standard InChI is InChI=1S/C23H15BrN2O3/c24-20-8-4-5-9-21(20)25-22(17-6-2-1-3-7-17)15-18(23(25)27)14-16-10-12-19(13-11-16)26(28)29/h1-15H/b18-14+. The van der Waals surface area contributed by atoms with E-state index in [-0.39, 0.29) is 11.6 Å². The van der Waals surface area contributed by atoms with Crippen LogP contribution in [-0.4, -0.2) is 10.8 Å². The van der Waals surface area contributed by atoms with Crippen LogP contribution in [0.4, 0.5) is 11.4 Å². The number of nitro groups is 1. The van der Waals surface area contributed by atoms with Gasteiger partial charge in [-0.25, -0.2) is 0 Å². The van der Waals surface area contributed by atoms with Crippen molar-refractivity contribution in [3.63, 3.8) is 0 Å². The first kappa shape index (κ1) is 18.8. The topological polar surface area (TPSA) is 63.4 Å². The molecule has 0 fully saturated rings. The molecule has 0 saturated carbocycles. The number of carbonyl (C=O) groups excluding carboxylic acids is 1. The van der Waals surface area contributed by atoms with Crippen molar-refractivity contribution < 1.29 is 9.72 Å². The Hall–Kier alpha value is -3.51. The fraction of sp³-hybridized carbons (Fsp3) is 0. The number of nitro benzene ring substituents is 1. The zero-order valence-electron chi connectivity index (χ0n) is 15.2. The van der Waals surface area contributed by atoms with E-state index in [0.717, 1.165) is 27.0 Å². The monoisotopic (exact) mass is 446 g/mol. The van der Waals surface area contributed by atoms with Crippen LogP contribution in [0.1, 0.15) is 11.1 Å². The zero-order chi connectivity index (χ0) is 20.4. The molecule has 142 valence electrons. The average molecular weight is 447 g/mol. The van der Waals surface area contributed by atoms with E-state index < -0.39 is 4.92 Å². The van der Waals surface area contributed by atoms with E-state index in [1.807, 2.05) is 60.7 Å². The molecule has 1 aliphatic rings. The van der Waals surface area contributed by atoms with Gasteiger partial charge in [0.15, 0.2) is 0 Å². The molecular formula is C23H15BrN2O3. The molecule has 0 saturated heterocycles. The lowest BCUT2D eigenvalue weighted by Gasteiger charge is -2.22. The van der Waals surface area contributed by atoms with E-state index in [9.17, 15) is 14.9 Å². The quantitative estimate of drug-likeness (QED) is 0.287. The second-order valence-corrected chi connectivity index (χ2v) is 7.29. The number of anilines is 1. The van der Waals surface area contributed by atoms with Crippen molar-refractivity contribution in [2.45, 2.75) is 0 Å². The molecule has 0 unspecified atom stereocenters. The van der Waals surface area contributed by atoms with Gasteiger partial charge in [0.1, 0.15) is 0 Å². The Morgan fingerprint density at radius 1 is 0.897 bits per heavy atom. The van der Waals surface area contributed by atoms with Crippen molar-refractivity contribution in [3.8, 4) is 0 Å². The van der Waals surface area contributed by atoms with Crippen LogP contribution in [0, 0.1) is 10.1 Å². The summed E-state index contributed by atoms with van der Waals surface area (Å²) in [6, 6.07) is 23.4. The Balaban J connectivity index is 1.80. The van der Waals surface area contributed by atoms with Crippen molar-refractivity contribution in [2.75, 3.05) is 4.90 Å². The maximum Gasteiger partial charge on any atom is 0.269 e. The molecule has 29 heavy (non-hydrogen) atoms. The Morgan fingerprint density at radius 2 is 1.55 bits per heavy atom. The van der Waals surface area contributed by atoms with E-state index in [4.69, 9.17) is 0 Å². The van der Waals surface area contributed by atoms with Crippen LogP contribution < -0.4 is 4.90 Å². The summed E-state index contributed by atoms with van der Waals surface area (Å²) >= 11 is 3.54. The highest BCUT2D eigenvalue weighted by molar-refractivity contribution is 9.10. The van der Waals surface area contributed by atoms with Gasteiger partial charge in [-0.2, -0.15) is 0 Å². The lowest BCUT2D eigenvalue weighted by atomic mass is 10.1. The number of nitrogens with zero attached hydrogens (tertiary/aromatic N) is 2. The number of benzene rings is 3. The van der Waals surface area contributed by atoms with Crippen LogP contribution in [0.5, 0.6) is 0 Å². The first-order valence-electron chi connectivity index (χ1n) is 8.87. The van der Waals surface area contributed by atoms with Gasteiger partial charge in [0, 0.05) is 22.2 Å². The van der Waals surface area contributed by atoms with Gasteiger partial charge in [0.25, 0.3) is 11.6 Å². The van der Waals surface area contributed by atoms with E-state index in [1.54, 1.807) is 23.1 Å². The minimum absolute atomic E-state index is 0.0141. The third-order valence-corrected chi connectivity index (χ3v) is 5.24. The largest absolute Gasteiger partial charge is 0.275 e. The summed E-state index contributed by atoms with van der Waals surface area (Å²) in [5.41, 5.74) is 3.68. The van der Waals surface area contributed by atoms with Crippen LogP contribution in [0.25, 0.3) is 11.8 Å². The van der Waals surface area contributed by atoms with Crippen molar-refractivity contribution in [2.24, 2.45) is 0 Å². The predicted octanol–water partition coefficient (Wildman–Crippen LogP) is 5.83. The first-order valence-corrected chi connectivity index (χ1v) is 9.66. The average Bonchev–Trinajstić information content (AvgIpc) is 3.05. The molecule has 0 aliphatic carbocycles. The minimum atomic E-state index is -0.445. The molecule has 1 amide bonds. The van der Waals surface area contributed by atoms with E-state index >= 15 is 0 Å². The van der Waals surface area contributed by atoms with Crippen molar-refractivity contribution in [3.05, 3.63) is 116 Å². The Morgan fingerprint density at radius 3 is 2.21 bits per heavy atom. The molecule has 0 spiro atoms. The molecular weight excluding hydrogens is 432 g/mol. The summed E-state index contributed by atoms with van der Waals surface area (Å²) in [6.07, 6.45) is 3.59. The second-order valence-electron chi connectivity index (χ2n) is 6.44. The second kappa shape index (κ2) is 7.85. The Labute approximate surface area is 175 Å².